The quantitative estimate of drug-likeness (QED) is 0.193. The molecule has 1 saturated heterocycles. The Kier molecular flexibility index (Phi) is 3.94. The van der Waals surface area contributed by atoms with Crippen LogP contribution in [0.1, 0.15) is 51.3 Å². The zero-order valence-corrected chi connectivity index (χ0v) is 18.4. The minimum Gasteiger partial charge on any atom is -0.507 e. The third-order valence-electron chi connectivity index (χ3n) is 7.22. The van der Waals surface area contributed by atoms with E-state index in [2.05, 4.69) is 29.0 Å². The molecule has 2 aromatic carbocycles. The lowest BCUT2D eigenvalue weighted by Gasteiger charge is -2.38. The van der Waals surface area contributed by atoms with E-state index in [4.69, 9.17) is 10.5 Å². The molecule has 34 heavy (non-hydrogen) atoms. The fourth-order valence-electron chi connectivity index (χ4n) is 5.70. The summed E-state index contributed by atoms with van der Waals surface area (Å²) in [6.45, 7) is 3.91. The number of phenols is 1. The number of aliphatic hydroxyl groups is 1. The number of hydrogen-bond donors (Lipinski definition) is 4. The fraction of sp³-hybridized carbons (Fsp3) is 0.259. The monoisotopic (exact) mass is 452 g/mol. The van der Waals surface area contributed by atoms with Gasteiger partial charge >= 0.3 is 0 Å². The first-order chi connectivity index (χ1) is 16.2. The number of carbonyl (C=O) groups is 2. The van der Waals surface area contributed by atoms with Gasteiger partial charge in [0.1, 0.15) is 17.4 Å². The summed E-state index contributed by atoms with van der Waals surface area (Å²) in [5, 5.41) is 25.6. The number of phenolic OH excluding ortho intramolecular Hbond substituents is 1. The molecular weight excluding hydrogens is 432 g/mol. The predicted octanol–water partition coefficient (Wildman–Crippen LogP) is 2.10. The van der Waals surface area contributed by atoms with Crippen LogP contribution in [0.2, 0.25) is 0 Å². The Bertz CT molecular complexity index is 1500. The smallest absolute Gasteiger partial charge is 0.198 e. The lowest BCUT2D eigenvalue weighted by Crippen LogP contribution is -2.52. The molecule has 2 heterocycles. The first-order valence-electron chi connectivity index (χ1n) is 10.9. The SMILES string of the molecule is CC(C)[C@@]12O[C@]13c1cc(O)c4c(c1N[C@H]2C#C/C=C\C#C[C@H]3O)C(=O)c1ccc(N)cc1C4=O. The van der Waals surface area contributed by atoms with Crippen LogP contribution in [0.3, 0.4) is 0 Å². The van der Waals surface area contributed by atoms with Gasteiger partial charge in [-0.1, -0.05) is 37.5 Å². The van der Waals surface area contributed by atoms with Crippen molar-refractivity contribution in [3.05, 3.63) is 64.2 Å². The van der Waals surface area contributed by atoms with Crippen molar-refractivity contribution in [2.75, 3.05) is 11.1 Å². The predicted molar refractivity (Wildman–Crippen MR) is 124 cm³/mol. The Morgan fingerprint density at radius 2 is 1.76 bits per heavy atom. The van der Waals surface area contributed by atoms with Crippen molar-refractivity contribution in [1.29, 1.82) is 0 Å². The molecule has 2 bridgehead atoms. The van der Waals surface area contributed by atoms with Gasteiger partial charge in [0.15, 0.2) is 23.3 Å². The third kappa shape index (κ3) is 2.25. The molecule has 0 saturated carbocycles. The first kappa shape index (κ1) is 20.6. The lowest BCUT2D eigenvalue weighted by atomic mass is 9.67. The van der Waals surface area contributed by atoms with Crippen LogP contribution in [0.15, 0.2) is 36.4 Å². The molecule has 4 aliphatic rings. The summed E-state index contributed by atoms with van der Waals surface area (Å²) in [5.41, 5.74) is 4.83. The molecule has 7 heteroatoms. The number of fused-ring (bicyclic) bond motifs is 4. The normalized spacial score (nSPS) is 30.2. The van der Waals surface area contributed by atoms with Crippen LogP contribution in [-0.2, 0) is 10.3 Å². The molecule has 1 fully saturated rings. The molecule has 0 amide bonds. The molecule has 2 aromatic rings. The first-order valence-corrected chi connectivity index (χ1v) is 10.9. The second-order valence-electron chi connectivity index (χ2n) is 9.21. The lowest BCUT2D eigenvalue weighted by molar-refractivity contribution is 0.0975. The molecule has 4 atom stereocenters. The number of nitrogens with one attached hydrogen (secondary N) is 1. The molecule has 5 N–H and O–H groups in total. The van der Waals surface area contributed by atoms with E-state index in [9.17, 15) is 19.8 Å². The molecule has 0 unspecified atom stereocenters. The van der Waals surface area contributed by atoms with Crippen molar-refractivity contribution in [3.8, 4) is 29.4 Å². The highest BCUT2D eigenvalue weighted by Gasteiger charge is 2.81. The summed E-state index contributed by atoms with van der Waals surface area (Å²) in [5.74, 6) is 10.3. The van der Waals surface area contributed by atoms with Crippen molar-refractivity contribution in [1.82, 2.24) is 0 Å². The molecule has 7 nitrogen and oxygen atoms in total. The Balaban J connectivity index is 1.68. The number of ketones is 2. The number of benzene rings is 2. The van der Waals surface area contributed by atoms with Gasteiger partial charge in [-0.05, 0) is 42.3 Å². The Hall–Kier alpha value is -4.04. The number of aliphatic hydroxyl groups excluding tert-OH is 1. The van der Waals surface area contributed by atoms with Gasteiger partial charge in [-0.3, -0.25) is 9.59 Å². The minimum absolute atomic E-state index is 0.0315. The van der Waals surface area contributed by atoms with Crippen LogP contribution in [0.25, 0.3) is 0 Å². The Labute approximate surface area is 195 Å². The zero-order chi connectivity index (χ0) is 24.0. The number of nitrogen functional groups attached to an aromatic ring is 1. The van der Waals surface area contributed by atoms with Crippen LogP contribution in [0.4, 0.5) is 11.4 Å². The van der Waals surface area contributed by atoms with E-state index < -0.39 is 34.9 Å². The molecule has 2 aliphatic heterocycles. The van der Waals surface area contributed by atoms with Crippen molar-refractivity contribution < 1.29 is 24.5 Å². The average Bonchev–Trinajstić information content (AvgIpc) is 3.53. The number of anilines is 2. The number of carbonyl (C=O) groups excluding carboxylic acids is 2. The number of epoxide rings is 1. The minimum atomic E-state index is -1.34. The largest absolute Gasteiger partial charge is 0.507 e. The number of rotatable bonds is 1. The summed E-state index contributed by atoms with van der Waals surface area (Å²) in [4.78, 5) is 27.0. The van der Waals surface area contributed by atoms with Crippen LogP contribution in [-0.4, -0.2) is 39.5 Å². The van der Waals surface area contributed by atoms with Gasteiger partial charge in [-0.2, -0.15) is 0 Å². The number of ether oxygens (including phenoxy) is 1. The highest BCUT2D eigenvalue weighted by Crippen LogP contribution is 2.68. The maximum atomic E-state index is 13.7. The summed E-state index contributed by atoms with van der Waals surface area (Å²) in [6, 6.07) is 5.29. The molecule has 0 spiro atoms. The van der Waals surface area contributed by atoms with E-state index in [1.165, 1.54) is 18.2 Å². The van der Waals surface area contributed by atoms with Crippen molar-refractivity contribution in [2.24, 2.45) is 5.92 Å². The van der Waals surface area contributed by atoms with Crippen molar-refractivity contribution in [3.63, 3.8) is 0 Å². The van der Waals surface area contributed by atoms with Crippen molar-refractivity contribution >= 4 is 22.9 Å². The van der Waals surface area contributed by atoms with Crippen LogP contribution >= 0.6 is 0 Å². The third-order valence-corrected chi connectivity index (χ3v) is 7.22. The fourth-order valence-corrected chi connectivity index (χ4v) is 5.70. The zero-order valence-electron chi connectivity index (χ0n) is 18.4. The molecule has 168 valence electrons. The second-order valence-corrected chi connectivity index (χ2v) is 9.21. The van der Waals surface area contributed by atoms with Crippen LogP contribution in [0.5, 0.6) is 5.75 Å². The maximum Gasteiger partial charge on any atom is 0.198 e. The van der Waals surface area contributed by atoms with E-state index >= 15 is 0 Å². The molecule has 0 aromatic heterocycles. The highest BCUT2D eigenvalue weighted by molar-refractivity contribution is 6.31. The summed E-state index contributed by atoms with van der Waals surface area (Å²) in [6.07, 6.45) is 1.87. The van der Waals surface area contributed by atoms with Crippen molar-refractivity contribution in [2.45, 2.75) is 37.2 Å². The maximum absolute atomic E-state index is 13.7. The highest BCUT2D eigenvalue weighted by atomic mass is 16.6. The molecule has 2 aliphatic carbocycles. The molecular formula is C27H20N2O5. The summed E-state index contributed by atoms with van der Waals surface area (Å²) in [7, 11) is 0. The van der Waals surface area contributed by atoms with Gasteiger partial charge in [-0.15, -0.1) is 0 Å². The number of nitrogens with two attached hydrogens (primary N) is 1. The van der Waals surface area contributed by atoms with Crippen LogP contribution in [0, 0.1) is 29.6 Å². The number of allylic oxidation sites excluding steroid dienone is 2. The van der Waals surface area contributed by atoms with E-state index in [0.29, 0.717) is 16.9 Å². The summed E-state index contributed by atoms with van der Waals surface area (Å²) < 4.78 is 6.37. The topological polar surface area (TPSA) is 125 Å². The number of aromatic hydroxyl groups is 1. The Morgan fingerprint density at radius 1 is 1.06 bits per heavy atom. The van der Waals surface area contributed by atoms with Gasteiger partial charge < -0.3 is 26.0 Å². The van der Waals surface area contributed by atoms with Gasteiger partial charge in [0, 0.05) is 22.4 Å². The average molecular weight is 452 g/mol. The van der Waals surface area contributed by atoms with Crippen LogP contribution < -0.4 is 11.1 Å². The summed E-state index contributed by atoms with van der Waals surface area (Å²) >= 11 is 0. The van der Waals surface area contributed by atoms with E-state index in [1.54, 1.807) is 18.2 Å². The Morgan fingerprint density at radius 3 is 2.50 bits per heavy atom. The van der Waals surface area contributed by atoms with E-state index in [0.717, 1.165) is 0 Å². The van der Waals surface area contributed by atoms with Gasteiger partial charge in [-0.25, -0.2) is 0 Å². The number of hydrogen-bond acceptors (Lipinski definition) is 7. The van der Waals surface area contributed by atoms with Gasteiger partial charge in [0.2, 0.25) is 0 Å². The van der Waals surface area contributed by atoms with E-state index in [1.807, 2.05) is 13.8 Å². The van der Waals surface area contributed by atoms with Gasteiger partial charge in [0.05, 0.1) is 16.8 Å². The van der Waals surface area contributed by atoms with Gasteiger partial charge in [0.25, 0.3) is 0 Å². The standard InChI is InChI=1S/C27H20N2O5/c1-13(2)26-19-7-5-3-4-6-8-20(31)27(26,34-26)17-12-18(30)21-22(23(17)29-19)24(32)15-10-9-14(28)11-16(15)25(21)33/h3-4,9-13,19-20,29-31H,28H2,1-2H3/b4-3-/t19-,20+,26-,27-/m0/s1. The second kappa shape index (κ2) is 6.51. The van der Waals surface area contributed by atoms with E-state index in [-0.39, 0.29) is 33.9 Å². The molecule has 6 rings (SSSR count). The molecule has 0 radical (unpaired) electrons.